The minimum Gasteiger partial charge on any atom is -0.376 e. The fraction of sp³-hybridized carbons (Fsp3) is 0.396. The third-order valence-electron chi connectivity index (χ3n) is 13.6. The number of imidazole rings is 1. The van der Waals surface area contributed by atoms with E-state index in [4.69, 9.17) is 14.4 Å². The summed E-state index contributed by atoms with van der Waals surface area (Å²) in [7, 11) is -2.39. The summed E-state index contributed by atoms with van der Waals surface area (Å²) in [5.74, 6) is -0.137. The molecule has 0 radical (unpaired) electrons. The first-order valence-corrected chi connectivity index (χ1v) is 24.3. The molecule has 3 aromatic carbocycles. The van der Waals surface area contributed by atoms with E-state index in [0.29, 0.717) is 82.8 Å². The lowest BCUT2D eigenvalue weighted by molar-refractivity contribution is -0.0592. The van der Waals surface area contributed by atoms with Crippen molar-refractivity contribution < 1.29 is 22.7 Å². The highest BCUT2D eigenvalue weighted by Gasteiger charge is 2.59. The average Bonchev–Trinajstić information content (AvgIpc) is 3.74. The molecule has 1 saturated heterocycles. The molecule has 17 heteroatoms. The number of carbonyl (C=O) groups excluding carboxylic acids is 1. The van der Waals surface area contributed by atoms with Crippen molar-refractivity contribution >= 4 is 32.2 Å². The van der Waals surface area contributed by atoms with Crippen LogP contribution in [0.3, 0.4) is 0 Å². The number of ether oxygens (including phenoxy) is 1. The van der Waals surface area contributed by atoms with Crippen molar-refractivity contribution in [3.63, 3.8) is 0 Å². The van der Waals surface area contributed by atoms with Gasteiger partial charge in [-0.25, -0.2) is 22.9 Å². The number of halogens is 1. The van der Waals surface area contributed by atoms with Crippen LogP contribution >= 0.6 is 0 Å². The Morgan fingerprint density at radius 2 is 1.66 bits per heavy atom. The Morgan fingerprint density at radius 1 is 0.954 bits per heavy atom. The van der Waals surface area contributed by atoms with Crippen LogP contribution in [0, 0.1) is 25.6 Å². The van der Waals surface area contributed by atoms with Gasteiger partial charge in [0.2, 0.25) is 0 Å². The summed E-state index contributed by atoms with van der Waals surface area (Å²) in [5.41, 5.74) is 4.87. The molecule has 2 aliphatic heterocycles. The number of H-pyrrole nitrogens is 1. The van der Waals surface area contributed by atoms with Crippen LogP contribution in [0.15, 0.2) is 91.5 Å². The number of nitrogens with zero attached hydrogens (tertiary/aromatic N) is 8. The van der Waals surface area contributed by atoms with E-state index < -0.39 is 32.8 Å². The number of aromatic nitrogens is 7. The molecule has 15 nitrogen and oxygen atoms in total. The predicted octanol–water partition coefficient (Wildman–Crippen LogP) is 7.78. The molecule has 0 unspecified atom stereocenters. The van der Waals surface area contributed by atoms with E-state index >= 15 is 9.18 Å². The Labute approximate surface area is 375 Å². The van der Waals surface area contributed by atoms with Crippen molar-refractivity contribution in [3.8, 4) is 17.2 Å². The molecule has 4 aromatic heterocycles. The minimum absolute atomic E-state index is 0.0142. The summed E-state index contributed by atoms with van der Waals surface area (Å²) in [6.45, 7) is 12.6. The third kappa shape index (κ3) is 7.19. The molecule has 0 spiro atoms. The minimum atomic E-state index is -2.39. The summed E-state index contributed by atoms with van der Waals surface area (Å²) < 4.78 is 49.6. The highest BCUT2D eigenvalue weighted by Crippen LogP contribution is 2.56. The van der Waals surface area contributed by atoms with Crippen LogP contribution in [0.25, 0.3) is 28.1 Å². The molecule has 1 N–H and O–H groups in total. The van der Waals surface area contributed by atoms with Gasteiger partial charge in [0.05, 0.1) is 34.4 Å². The third-order valence-corrected chi connectivity index (χ3v) is 14.2. The average molecular weight is 902 g/mol. The van der Waals surface area contributed by atoms with E-state index in [0.717, 1.165) is 23.7 Å². The van der Waals surface area contributed by atoms with Crippen molar-refractivity contribution in [2.45, 2.75) is 90.3 Å². The van der Waals surface area contributed by atoms with Gasteiger partial charge in [0.15, 0.2) is 5.82 Å². The lowest BCUT2D eigenvalue weighted by atomic mass is 9.83. The van der Waals surface area contributed by atoms with E-state index in [1.54, 1.807) is 79.8 Å². The monoisotopic (exact) mass is 901 g/mol. The van der Waals surface area contributed by atoms with E-state index in [1.165, 1.54) is 14.7 Å². The van der Waals surface area contributed by atoms with Crippen LogP contribution in [-0.2, 0) is 26.4 Å². The van der Waals surface area contributed by atoms with Crippen molar-refractivity contribution in [1.82, 2.24) is 38.5 Å². The molecule has 3 aliphatic rings. The van der Waals surface area contributed by atoms with Gasteiger partial charge in [0, 0.05) is 70.7 Å². The molecule has 338 valence electrons. The van der Waals surface area contributed by atoms with Crippen LogP contribution in [-0.4, -0.2) is 79.9 Å². The first kappa shape index (κ1) is 42.6. The predicted molar refractivity (Wildman–Crippen MR) is 245 cm³/mol. The topological polar surface area (TPSA) is 168 Å². The Hall–Kier alpha value is -6.33. The molecule has 1 saturated carbocycles. The Bertz CT molecular complexity index is 3290. The molecule has 10 rings (SSSR count). The van der Waals surface area contributed by atoms with Crippen LogP contribution < -0.4 is 11.4 Å². The number of aryl methyl sites for hydroxylation is 2. The maximum atomic E-state index is 15.5. The van der Waals surface area contributed by atoms with Gasteiger partial charge in [-0.2, -0.15) is 9.46 Å². The maximum absolute atomic E-state index is 15.5. The standard InChI is InChI=1S/C48H52FN9O6S/c1-27-21-36(22-28(2)41(27)49)58-42(56-19-18-55(46(56)61)35-12-10-34(11-13-35)53-65(7,8)62)40-30(4)54(17-15-37(40)51-58)43(59)39-24-33-23-31(32-16-20-63-47(5,6)26-32)9-14-38(33)57(39)48(25-29(48)3)44-50-45(60)64-52-44/h9-14,18-19,21-24,29-30,32H,15-17,20,25-26H2,1-8H3,(H,50,52,60)/t29-,30-,32-,48-/m0/s1. The Balaban J connectivity index is 1.11. The van der Waals surface area contributed by atoms with Gasteiger partial charge < -0.3 is 14.2 Å². The second-order valence-electron chi connectivity index (χ2n) is 19.0. The molecule has 65 heavy (non-hydrogen) atoms. The first-order chi connectivity index (χ1) is 30.8. The van der Waals surface area contributed by atoms with E-state index in [9.17, 15) is 13.8 Å². The summed E-state index contributed by atoms with van der Waals surface area (Å²) in [6.07, 6.45) is 9.21. The fourth-order valence-electron chi connectivity index (χ4n) is 10.4. The fourth-order valence-corrected chi connectivity index (χ4v) is 11.0. The second kappa shape index (κ2) is 15.1. The van der Waals surface area contributed by atoms with E-state index in [2.05, 4.69) is 53.5 Å². The highest BCUT2D eigenvalue weighted by molar-refractivity contribution is 7.92. The molecular weight excluding hydrogens is 850 g/mol. The number of nitrogens with one attached hydrogen (secondary N) is 1. The zero-order valence-corrected chi connectivity index (χ0v) is 38.5. The first-order valence-electron chi connectivity index (χ1n) is 22.0. The number of hydrogen-bond donors (Lipinski definition) is 1. The van der Waals surface area contributed by atoms with Gasteiger partial charge in [0.25, 0.3) is 5.91 Å². The SMILES string of the molecule is Cc1cc(-n2nc3c(c2-n2ccn(-c4ccc(N=S(C)(C)=O)cc4)c2=O)[C@H](C)N(C(=O)c2cc4cc([C@H]5CCOC(C)(C)C5)ccc4n2[C@@]2(c4noc(=O)[nH]4)C[C@@H]2C)CC3)cc(C)c1F. The zero-order valence-electron chi connectivity index (χ0n) is 37.7. The summed E-state index contributed by atoms with van der Waals surface area (Å²) >= 11 is 0. The van der Waals surface area contributed by atoms with Crippen LogP contribution in [0.5, 0.6) is 0 Å². The number of rotatable bonds is 8. The molecule has 1 aliphatic carbocycles. The molecule has 2 fully saturated rings. The van der Waals surface area contributed by atoms with Crippen LogP contribution in [0.4, 0.5) is 10.1 Å². The number of benzene rings is 3. The molecule has 0 bridgehead atoms. The van der Waals surface area contributed by atoms with Crippen molar-refractivity contribution in [2.24, 2.45) is 10.3 Å². The lowest BCUT2D eigenvalue weighted by Gasteiger charge is -2.35. The number of fused-ring (bicyclic) bond motifs is 2. The maximum Gasteiger partial charge on any atom is 0.438 e. The molecule has 6 heterocycles. The number of carbonyl (C=O) groups is 1. The normalized spacial score (nSPS) is 21.7. The van der Waals surface area contributed by atoms with Crippen LogP contribution in [0.1, 0.15) is 103 Å². The quantitative estimate of drug-likeness (QED) is 0.161. The molecule has 4 atom stereocenters. The van der Waals surface area contributed by atoms with Crippen molar-refractivity contribution in [3.05, 3.63) is 139 Å². The van der Waals surface area contributed by atoms with Gasteiger partial charge in [-0.15, -0.1) is 0 Å². The van der Waals surface area contributed by atoms with Gasteiger partial charge in [0.1, 0.15) is 22.9 Å². The highest BCUT2D eigenvalue weighted by atomic mass is 32.2. The van der Waals surface area contributed by atoms with Crippen molar-refractivity contribution in [1.29, 1.82) is 0 Å². The number of hydrogen-bond acceptors (Lipinski definition) is 9. The summed E-state index contributed by atoms with van der Waals surface area (Å²) in [6, 6.07) is 18.1. The van der Waals surface area contributed by atoms with E-state index in [-0.39, 0.29) is 29.2 Å². The zero-order chi connectivity index (χ0) is 45.9. The number of amides is 1. The molecule has 1 amide bonds. The smallest absolute Gasteiger partial charge is 0.376 e. The molecule has 7 aromatic rings. The van der Waals surface area contributed by atoms with Crippen molar-refractivity contribution in [2.75, 3.05) is 25.7 Å². The number of aromatic amines is 1. The van der Waals surface area contributed by atoms with Gasteiger partial charge in [-0.1, -0.05) is 18.1 Å². The van der Waals surface area contributed by atoms with Gasteiger partial charge >= 0.3 is 11.4 Å². The largest absolute Gasteiger partial charge is 0.438 e. The Kier molecular flexibility index (Phi) is 9.91. The van der Waals surface area contributed by atoms with Crippen LogP contribution in [0.2, 0.25) is 0 Å². The Morgan fingerprint density at radius 3 is 2.31 bits per heavy atom. The molecular formula is C48H52FN9O6S. The summed E-state index contributed by atoms with van der Waals surface area (Å²) in [5, 5.41) is 10.2. The second-order valence-corrected chi connectivity index (χ2v) is 21.5. The lowest BCUT2D eigenvalue weighted by Crippen LogP contribution is -2.41. The summed E-state index contributed by atoms with van der Waals surface area (Å²) in [4.78, 5) is 47.2. The van der Waals surface area contributed by atoms with Gasteiger partial charge in [-0.05, 0) is 137 Å². The van der Waals surface area contributed by atoms with Gasteiger partial charge in [-0.3, -0.25) is 23.4 Å². The van der Waals surface area contributed by atoms with E-state index in [1.807, 2.05) is 22.5 Å².